The number of carbonyl (C=O) groups excluding carboxylic acids is 2. The number of rotatable bonds is 4. The molecule has 2 aromatic rings. The van der Waals surface area contributed by atoms with Crippen molar-refractivity contribution in [2.24, 2.45) is 0 Å². The number of methoxy groups -OCH3 is 1. The average molecular weight is 450 g/mol. The monoisotopic (exact) mass is 449 g/mol. The normalized spacial score (nSPS) is 19.3. The van der Waals surface area contributed by atoms with Gasteiger partial charge in [-0.1, -0.05) is 22.0 Å². The fourth-order valence-electron chi connectivity index (χ4n) is 3.28. The maximum absolute atomic E-state index is 14.6. The molecule has 2 atom stereocenters. The predicted octanol–water partition coefficient (Wildman–Crippen LogP) is 3.73. The van der Waals surface area contributed by atoms with Crippen LogP contribution in [0.5, 0.6) is 5.75 Å². The third kappa shape index (κ3) is 4.62. The Morgan fingerprint density at radius 1 is 1.25 bits per heavy atom. The number of piperidine rings is 1. The number of likely N-dealkylation sites (tertiary alicyclic amines) is 1. The smallest absolute Gasteiger partial charge is 0.319 e. The van der Waals surface area contributed by atoms with E-state index in [1.165, 1.54) is 13.2 Å². The van der Waals surface area contributed by atoms with Gasteiger partial charge in [0.25, 0.3) is 0 Å². The van der Waals surface area contributed by atoms with Gasteiger partial charge >= 0.3 is 6.03 Å². The van der Waals surface area contributed by atoms with Crippen LogP contribution in [-0.4, -0.2) is 43.6 Å². The van der Waals surface area contributed by atoms with Crippen molar-refractivity contribution in [2.75, 3.05) is 26.0 Å². The van der Waals surface area contributed by atoms with Crippen LogP contribution in [0.15, 0.2) is 46.9 Å². The zero-order valence-electron chi connectivity index (χ0n) is 15.5. The number of halogens is 2. The van der Waals surface area contributed by atoms with E-state index in [1.54, 1.807) is 36.2 Å². The third-order valence-electron chi connectivity index (χ3n) is 4.80. The van der Waals surface area contributed by atoms with Crippen LogP contribution >= 0.6 is 15.9 Å². The van der Waals surface area contributed by atoms with E-state index in [4.69, 9.17) is 4.74 Å². The Morgan fingerprint density at radius 2 is 1.96 bits per heavy atom. The van der Waals surface area contributed by atoms with Gasteiger partial charge in [-0.15, -0.1) is 0 Å². The molecule has 1 heterocycles. The summed E-state index contributed by atoms with van der Waals surface area (Å²) >= 11 is 3.34. The van der Waals surface area contributed by atoms with E-state index in [1.807, 2.05) is 12.1 Å². The Labute approximate surface area is 171 Å². The summed E-state index contributed by atoms with van der Waals surface area (Å²) < 4.78 is 20.6. The van der Waals surface area contributed by atoms with E-state index in [2.05, 4.69) is 26.6 Å². The molecule has 1 aliphatic rings. The van der Waals surface area contributed by atoms with Gasteiger partial charge in [-0.3, -0.25) is 4.79 Å². The predicted molar refractivity (Wildman–Crippen MR) is 108 cm³/mol. The number of urea groups is 1. The second kappa shape index (κ2) is 8.60. The van der Waals surface area contributed by atoms with Gasteiger partial charge in [0, 0.05) is 48.2 Å². The van der Waals surface area contributed by atoms with Gasteiger partial charge in [0.2, 0.25) is 5.91 Å². The third-order valence-corrected chi connectivity index (χ3v) is 5.33. The molecular formula is C20H21BrFN3O3. The summed E-state index contributed by atoms with van der Waals surface area (Å²) in [6.45, 7) is 0.311. The maximum Gasteiger partial charge on any atom is 0.319 e. The van der Waals surface area contributed by atoms with Crippen molar-refractivity contribution >= 4 is 33.6 Å². The topological polar surface area (TPSA) is 70.7 Å². The van der Waals surface area contributed by atoms with Gasteiger partial charge in [-0.25, -0.2) is 9.18 Å². The molecule has 1 fully saturated rings. The molecule has 8 heteroatoms. The summed E-state index contributed by atoms with van der Waals surface area (Å²) in [6, 6.07) is 10.8. The molecule has 148 valence electrons. The minimum Gasteiger partial charge on any atom is -0.497 e. The highest BCUT2D eigenvalue weighted by molar-refractivity contribution is 9.10. The summed E-state index contributed by atoms with van der Waals surface area (Å²) in [5.41, 5.74) is 1.06. The van der Waals surface area contributed by atoms with E-state index in [9.17, 15) is 14.0 Å². The number of amides is 3. The molecule has 2 unspecified atom stereocenters. The second-order valence-corrected chi connectivity index (χ2v) is 7.60. The molecule has 2 aromatic carbocycles. The van der Waals surface area contributed by atoms with Crippen molar-refractivity contribution in [1.29, 1.82) is 0 Å². The molecule has 1 aliphatic heterocycles. The van der Waals surface area contributed by atoms with E-state index in [0.717, 1.165) is 4.47 Å². The molecule has 0 radical (unpaired) electrons. The Hall–Kier alpha value is -2.61. The van der Waals surface area contributed by atoms with Gasteiger partial charge in [-0.2, -0.15) is 0 Å². The van der Waals surface area contributed by atoms with Crippen LogP contribution in [-0.2, 0) is 4.79 Å². The van der Waals surface area contributed by atoms with Crippen molar-refractivity contribution in [3.05, 3.63) is 58.3 Å². The molecule has 0 aromatic heterocycles. The van der Waals surface area contributed by atoms with Crippen LogP contribution in [0, 0.1) is 5.82 Å². The molecule has 0 aliphatic carbocycles. The number of carbonyl (C=O) groups is 2. The highest BCUT2D eigenvalue weighted by Crippen LogP contribution is 2.31. The minimum atomic E-state index is -0.526. The molecule has 3 amide bonds. The van der Waals surface area contributed by atoms with Crippen molar-refractivity contribution < 1.29 is 18.7 Å². The lowest BCUT2D eigenvalue weighted by Crippen LogP contribution is -2.52. The van der Waals surface area contributed by atoms with E-state index in [-0.39, 0.29) is 18.2 Å². The number of likely N-dealkylation sites (N-methyl/N-ethyl adjacent to an activating group) is 1. The summed E-state index contributed by atoms with van der Waals surface area (Å²) in [5.74, 6) is -0.477. The number of ether oxygens (including phenoxy) is 1. The van der Waals surface area contributed by atoms with Crippen LogP contribution in [0.4, 0.5) is 14.9 Å². The minimum absolute atomic E-state index is 0.0976. The van der Waals surface area contributed by atoms with Gasteiger partial charge < -0.3 is 20.3 Å². The van der Waals surface area contributed by atoms with Crippen molar-refractivity contribution in [3.8, 4) is 5.75 Å². The van der Waals surface area contributed by atoms with Crippen LogP contribution in [0.2, 0.25) is 0 Å². The zero-order valence-corrected chi connectivity index (χ0v) is 17.1. The average Bonchev–Trinajstić information content (AvgIpc) is 2.66. The lowest BCUT2D eigenvalue weighted by molar-refractivity contribution is -0.133. The maximum atomic E-state index is 14.6. The van der Waals surface area contributed by atoms with Gasteiger partial charge in [0.15, 0.2) is 0 Å². The first-order valence-corrected chi connectivity index (χ1v) is 9.57. The number of nitrogens with one attached hydrogen (secondary N) is 2. The molecular weight excluding hydrogens is 429 g/mol. The Kier molecular flexibility index (Phi) is 6.18. The van der Waals surface area contributed by atoms with Gasteiger partial charge in [0.1, 0.15) is 11.6 Å². The lowest BCUT2D eigenvalue weighted by Gasteiger charge is -2.37. The molecule has 0 bridgehead atoms. The fourth-order valence-corrected chi connectivity index (χ4v) is 3.55. The van der Waals surface area contributed by atoms with Crippen molar-refractivity contribution in [1.82, 2.24) is 10.2 Å². The molecule has 1 saturated heterocycles. The Balaban J connectivity index is 1.78. The quantitative estimate of drug-likeness (QED) is 0.746. The number of nitrogens with zero attached hydrogens (tertiary/aromatic N) is 1. The summed E-state index contributed by atoms with van der Waals surface area (Å²) in [6.07, 6.45) is 0.0976. The van der Waals surface area contributed by atoms with E-state index >= 15 is 0 Å². The molecule has 28 heavy (non-hydrogen) atoms. The number of anilines is 1. The molecule has 0 spiro atoms. The molecule has 2 N–H and O–H groups in total. The van der Waals surface area contributed by atoms with Gasteiger partial charge in [-0.05, 0) is 35.9 Å². The molecule has 6 nitrogen and oxygen atoms in total. The van der Waals surface area contributed by atoms with Crippen molar-refractivity contribution in [3.63, 3.8) is 0 Å². The lowest BCUT2D eigenvalue weighted by atomic mass is 9.85. The van der Waals surface area contributed by atoms with Gasteiger partial charge in [0.05, 0.1) is 7.11 Å². The summed E-state index contributed by atoms with van der Waals surface area (Å²) in [7, 11) is 3.15. The standard InChI is InChI=1S/C20H21BrFN3O3/c1-25-11-16(15-8-7-14(28-2)9-17(15)22)18(10-19(25)26)24-20(27)23-13-5-3-12(21)4-6-13/h3-9,16,18H,10-11H2,1-2H3,(H2,23,24,27). The summed E-state index contributed by atoms with van der Waals surface area (Å²) in [4.78, 5) is 26.2. The van der Waals surface area contributed by atoms with Crippen molar-refractivity contribution in [2.45, 2.75) is 18.4 Å². The second-order valence-electron chi connectivity index (χ2n) is 6.68. The Morgan fingerprint density at radius 3 is 2.61 bits per heavy atom. The first kappa shape index (κ1) is 20.1. The Bertz CT molecular complexity index is 875. The highest BCUT2D eigenvalue weighted by Gasteiger charge is 2.36. The largest absolute Gasteiger partial charge is 0.497 e. The molecule has 3 rings (SSSR count). The first-order chi connectivity index (χ1) is 13.4. The van der Waals surface area contributed by atoms with Crippen LogP contribution in [0.3, 0.4) is 0 Å². The van der Waals surface area contributed by atoms with Crippen LogP contribution in [0.1, 0.15) is 17.9 Å². The number of hydrogen-bond acceptors (Lipinski definition) is 3. The SMILES string of the molecule is COc1ccc(C2CN(C)C(=O)CC2NC(=O)Nc2ccc(Br)cc2)c(F)c1. The summed E-state index contributed by atoms with van der Waals surface area (Å²) in [5, 5.41) is 5.57. The van der Waals surface area contributed by atoms with E-state index in [0.29, 0.717) is 23.5 Å². The number of hydrogen-bond donors (Lipinski definition) is 2. The fraction of sp³-hybridized carbons (Fsp3) is 0.300. The highest BCUT2D eigenvalue weighted by atomic mass is 79.9. The van der Waals surface area contributed by atoms with Crippen LogP contribution < -0.4 is 15.4 Å². The van der Waals surface area contributed by atoms with Crippen LogP contribution in [0.25, 0.3) is 0 Å². The molecule has 0 saturated carbocycles. The number of benzene rings is 2. The van der Waals surface area contributed by atoms with E-state index < -0.39 is 17.9 Å². The first-order valence-electron chi connectivity index (χ1n) is 8.78. The zero-order chi connectivity index (χ0) is 20.3.